The molecule has 0 amide bonds. The summed E-state index contributed by atoms with van der Waals surface area (Å²) in [5.74, 6) is 0. The van der Waals surface area contributed by atoms with Gasteiger partial charge < -0.3 is 18.6 Å². The topological polar surface area (TPSA) is 54.1 Å². The molecule has 0 radical (unpaired) electrons. The summed E-state index contributed by atoms with van der Waals surface area (Å²) in [6.45, 7) is 5.81. The van der Waals surface area contributed by atoms with Crippen molar-refractivity contribution in [2.75, 3.05) is 13.2 Å². The highest BCUT2D eigenvalue weighted by Gasteiger charge is 2.13. The molecule has 0 bridgehead atoms. The van der Waals surface area contributed by atoms with Crippen molar-refractivity contribution in [1.29, 1.82) is 0 Å². The largest absolute Gasteiger partial charge is 0.353 e. The molecular weight excluding hydrogens is 654 g/mol. The first-order chi connectivity index (χ1) is 16.6. The molecule has 8 heteroatoms. The van der Waals surface area contributed by atoms with Gasteiger partial charge in [0, 0.05) is 26.8 Å². The molecule has 2 aromatic heterocycles. The second-order valence-electron chi connectivity index (χ2n) is 8.52. The van der Waals surface area contributed by atoms with Crippen LogP contribution in [-0.2, 0) is 22.6 Å². The zero-order chi connectivity index (χ0) is 23.8. The lowest BCUT2D eigenvalue weighted by Gasteiger charge is -2.22. The standard InChI is InChI=1S/C15H19IN2O2.C11H13IN2/c16-12-5-6-14-13(10-12)17-11-18(14)7-3-9-20-15-4-1-2-8-19-15;1-2-3-6-14-8-13-10-5-4-9(12)7-11(10)14/h5-6,10-11,15H,1-4,7-9H2;4-5,7-8H,2-3,6H2,1H3. The first kappa shape index (κ1) is 25.8. The van der Waals surface area contributed by atoms with Crippen LogP contribution in [0.4, 0.5) is 0 Å². The summed E-state index contributed by atoms with van der Waals surface area (Å²) >= 11 is 4.65. The van der Waals surface area contributed by atoms with Gasteiger partial charge in [-0.05, 0) is 114 Å². The molecule has 0 saturated carbocycles. The molecule has 3 heterocycles. The lowest BCUT2D eigenvalue weighted by atomic mass is 10.2. The number of rotatable bonds is 8. The fourth-order valence-electron chi connectivity index (χ4n) is 4.04. The minimum atomic E-state index is 0.0184. The molecular formula is C26H32I2N4O2. The van der Waals surface area contributed by atoms with E-state index in [1.807, 2.05) is 12.7 Å². The van der Waals surface area contributed by atoms with Crippen LogP contribution in [0.25, 0.3) is 22.1 Å². The Morgan fingerprint density at radius 1 is 0.912 bits per heavy atom. The van der Waals surface area contributed by atoms with Crippen LogP contribution in [0.1, 0.15) is 45.4 Å². The van der Waals surface area contributed by atoms with Crippen molar-refractivity contribution >= 4 is 67.2 Å². The quantitative estimate of drug-likeness (QED) is 0.148. The Morgan fingerprint density at radius 2 is 1.65 bits per heavy atom. The third-order valence-electron chi connectivity index (χ3n) is 5.90. The number of fused-ring (bicyclic) bond motifs is 2. The molecule has 0 spiro atoms. The SMILES string of the molecule is CCCCn1cnc2ccc(I)cc21.Ic1ccc2c(c1)ncn2CCCOC1CCCCO1. The van der Waals surface area contributed by atoms with E-state index < -0.39 is 0 Å². The van der Waals surface area contributed by atoms with E-state index in [-0.39, 0.29) is 6.29 Å². The van der Waals surface area contributed by atoms with Gasteiger partial charge in [-0.2, -0.15) is 0 Å². The van der Waals surface area contributed by atoms with E-state index in [2.05, 4.69) is 108 Å². The summed E-state index contributed by atoms with van der Waals surface area (Å²) in [4.78, 5) is 8.81. The van der Waals surface area contributed by atoms with Crippen molar-refractivity contribution in [3.05, 3.63) is 56.2 Å². The van der Waals surface area contributed by atoms with Gasteiger partial charge in [0.05, 0.1) is 41.3 Å². The fourth-order valence-corrected chi connectivity index (χ4v) is 4.99. The Labute approximate surface area is 228 Å². The van der Waals surface area contributed by atoms with Crippen molar-refractivity contribution in [3.8, 4) is 0 Å². The van der Waals surface area contributed by atoms with E-state index in [4.69, 9.17) is 9.47 Å². The number of hydrogen-bond donors (Lipinski definition) is 0. The number of ether oxygens (including phenoxy) is 2. The normalized spacial score (nSPS) is 16.0. The van der Waals surface area contributed by atoms with Crippen LogP contribution in [0.5, 0.6) is 0 Å². The molecule has 1 aliphatic rings. The monoisotopic (exact) mass is 686 g/mol. The number of nitrogens with zero attached hydrogens (tertiary/aromatic N) is 4. The van der Waals surface area contributed by atoms with Crippen LogP contribution in [0.2, 0.25) is 0 Å². The maximum atomic E-state index is 5.76. The van der Waals surface area contributed by atoms with Crippen molar-refractivity contribution < 1.29 is 9.47 Å². The average Bonchev–Trinajstić information content (AvgIpc) is 3.44. The first-order valence-corrected chi connectivity index (χ1v) is 14.2. The summed E-state index contributed by atoms with van der Waals surface area (Å²) in [5, 5.41) is 0. The number of benzene rings is 2. The molecule has 0 N–H and O–H groups in total. The lowest BCUT2D eigenvalue weighted by molar-refractivity contribution is -0.162. The Balaban J connectivity index is 0.000000172. The number of halogens is 2. The highest BCUT2D eigenvalue weighted by Crippen LogP contribution is 2.18. The zero-order valence-electron chi connectivity index (χ0n) is 19.6. The summed E-state index contributed by atoms with van der Waals surface area (Å²) in [7, 11) is 0. The van der Waals surface area contributed by atoms with Crippen LogP contribution < -0.4 is 0 Å². The number of aryl methyl sites for hydroxylation is 2. The fraction of sp³-hybridized carbons (Fsp3) is 0.462. The van der Waals surface area contributed by atoms with Crippen molar-refractivity contribution in [2.24, 2.45) is 0 Å². The van der Waals surface area contributed by atoms with Gasteiger partial charge >= 0.3 is 0 Å². The molecule has 1 fully saturated rings. The molecule has 2 aromatic carbocycles. The van der Waals surface area contributed by atoms with Gasteiger partial charge in [0.2, 0.25) is 0 Å². The smallest absolute Gasteiger partial charge is 0.157 e. The summed E-state index contributed by atoms with van der Waals surface area (Å²) in [6.07, 6.45) is 10.7. The number of imidazole rings is 2. The van der Waals surface area contributed by atoms with E-state index in [1.165, 1.54) is 43.9 Å². The van der Waals surface area contributed by atoms with Gasteiger partial charge in [-0.25, -0.2) is 9.97 Å². The third-order valence-corrected chi connectivity index (χ3v) is 7.25. The minimum absolute atomic E-state index is 0.0184. The average molecular weight is 686 g/mol. The molecule has 1 saturated heterocycles. The Kier molecular flexibility index (Phi) is 10.0. The van der Waals surface area contributed by atoms with Gasteiger partial charge in [0.1, 0.15) is 0 Å². The summed E-state index contributed by atoms with van der Waals surface area (Å²) < 4.78 is 18.2. The van der Waals surface area contributed by atoms with Crippen molar-refractivity contribution in [1.82, 2.24) is 19.1 Å². The molecule has 34 heavy (non-hydrogen) atoms. The number of unbranched alkanes of at least 4 members (excludes halogenated alkanes) is 1. The van der Waals surface area contributed by atoms with Crippen LogP contribution in [0.15, 0.2) is 49.1 Å². The Morgan fingerprint density at radius 3 is 2.44 bits per heavy atom. The molecule has 1 atom stereocenters. The summed E-state index contributed by atoms with van der Waals surface area (Å²) in [5.41, 5.74) is 4.61. The molecule has 1 aliphatic heterocycles. The van der Waals surface area contributed by atoms with E-state index in [0.29, 0.717) is 0 Å². The molecule has 6 nitrogen and oxygen atoms in total. The van der Waals surface area contributed by atoms with Crippen LogP contribution >= 0.6 is 45.2 Å². The highest BCUT2D eigenvalue weighted by atomic mass is 127. The van der Waals surface area contributed by atoms with Crippen molar-refractivity contribution in [2.45, 2.75) is 64.8 Å². The zero-order valence-corrected chi connectivity index (χ0v) is 23.9. The van der Waals surface area contributed by atoms with Gasteiger partial charge in [-0.1, -0.05) is 13.3 Å². The van der Waals surface area contributed by atoms with Gasteiger partial charge in [0.25, 0.3) is 0 Å². The summed E-state index contributed by atoms with van der Waals surface area (Å²) in [6, 6.07) is 12.7. The predicted octanol–water partition coefficient (Wildman–Crippen LogP) is 7.02. The molecule has 0 aliphatic carbocycles. The van der Waals surface area contributed by atoms with Crippen molar-refractivity contribution in [3.63, 3.8) is 0 Å². The van der Waals surface area contributed by atoms with Gasteiger partial charge in [0.15, 0.2) is 6.29 Å². The predicted molar refractivity (Wildman–Crippen MR) is 154 cm³/mol. The Bertz CT molecular complexity index is 1180. The Hall–Kier alpha value is -1.24. The first-order valence-electron chi connectivity index (χ1n) is 12.1. The molecule has 1 unspecified atom stereocenters. The molecule has 5 rings (SSSR count). The second kappa shape index (κ2) is 13.2. The maximum absolute atomic E-state index is 5.76. The van der Waals surface area contributed by atoms with Gasteiger partial charge in [-0.3, -0.25) is 0 Å². The molecule has 182 valence electrons. The molecule has 4 aromatic rings. The maximum Gasteiger partial charge on any atom is 0.157 e. The number of hydrogen-bond acceptors (Lipinski definition) is 4. The van der Waals surface area contributed by atoms with E-state index in [0.717, 1.165) is 50.2 Å². The second-order valence-corrected chi connectivity index (χ2v) is 11.0. The number of aromatic nitrogens is 4. The third kappa shape index (κ3) is 7.14. The van der Waals surface area contributed by atoms with E-state index >= 15 is 0 Å². The van der Waals surface area contributed by atoms with E-state index in [9.17, 15) is 0 Å². The van der Waals surface area contributed by atoms with E-state index in [1.54, 1.807) is 0 Å². The van der Waals surface area contributed by atoms with Crippen LogP contribution in [0, 0.1) is 7.14 Å². The van der Waals surface area contributed by atoms with Crippen LogP contribution in [0.3, 0.4) is 0 Å². The minimum Gasteiger partial charge on any atom is -0.353 e. The van der Waals surface area contributed by atoms with Gasteiger partial charge in [-0.15, -0.1) is 0 Å². The lowest BCUT2D eigenvalue weighted by Crippen LogP contribution is -2.22. The highest BCUT2D eigenvalue weighted by molar-refractivity contribution is 14.1. The van der Waals surface area contributed by atoms with Crippen LogP contribution in [-0.4, -0.2) is 38.6 Å².